The molecule has 1 aliphatic carbocycles. The van der Waals surface area contributed by atoms with E-state index in [4.69, 9.17) is 9.73 Å². The number of ether oxygens (including phenoxy) is 1. The second-order valence-corrected chi connectivity index (χ2v) is 8.30. The molecule has 0 unspecified atom stereocenters. The van der Waals surface area contributed by atoms with Crippen LogP contribution >= 0.6 is 11.8 Å². The molecule has 1 saturated carbocycles. The third kappa shape index (κ3) is 3.75. The third-order valence-corrected chi connectivity index (χ3v) is 6.16. The summed E-state index contributed by atoms with van der Waals surface area (Å²) >= 11 is 1.72. The number of thioether (sulfide) groups is 1. The fourth-order valence-corrected chi connectivity index (χ4v) is 4.78. The summed E-state index contributed by atoms with van der Waals surface area (Å²) in [5.41, 5.74) is 4.66. The van der Waals surface area contributed by atoms with Gasteiger partial charge < -0.3 is 15.0 Å². The number of nitrogens with zero attached hydrogens (tertiary/aromatic N) is 1. The van der Waals surface area contributed by atoms with Gasteiger partial charge in [0.2, 0.25) is 0 Å². The van der Waals surface area contributed by atoms with Gasteiger partial charge in [0, 0.05) is 24.1 Å². The van der Waals surface area contributed by atoms with Crippen LogP contribution in [0.25, 0.3) is 10.9 Å². The lowest BCUT2D eigenvalue weighted by molar-refractivity contribution is -0.141. The molecule has 2 N–H and O–H groups in total. The van der Waals surface area contributed by atoms with Crippen molar-refractivity contribution in [3.63, 3.8) is 0 Å². The monoisotopic (exact) mass is 371 g/mol. The zero-order valence-electron chi connectivity index (χ0n) is 15.3. The first-order valence-electron chi connectivity index (χ1n) is 9.33. The first-order valence-corrected chi connectivity index (χ1v) is 10.3. The Labute approximate surface area is 158 Å². The van der Waals surface area contributed by atoms with Crippen molar-refractivity contribution in [1.82, 2.24) is 4.98 Å². The SMILES string of the molecule is CC(=O)OC[C@@H]1CSC(c2cc3cc(C)cc(NC4CCCC4)c3[nH]2)=N1. The highest BCUT2D eigenvalue weighted by Crippen LogP contribution is 2.32. The Hall–Kier alpha value is -1.95. The van der Waals surface area contributed by atoms with E-state index < -0.39 is 0 Å². The number of benzene rings is 1. The highest BCUT2D eigenvalue weighted by atomic mass is 32.2. The fourth-order valence-electron chi connectivity index (χ4n) is 3.77. The Morgan fingerprint density at radius 3 is 2.92 bits per heavy atom. The van der Waals surface area contributed by atoms with Crippen LogP contribution in [0.5, 0.6) is 0 Å². The van der Waals surface area contributed by atoms with Gasteiger partial charge in [0.15, 0.2) is 0 Å². The van der Waals surface area contributed by atoms with Crippen LogP contribution in [0, 0.1) is 6.92 Å². The lowest BCUT2D eigenvalue weighted by atomic mass is 10.1. The molecule has 1 aromatic carbocycles. The van der Waals surface area contributed by atoms with Crippen LogP contribution in [0.3, 0.4) is 0 Å². The van der Waals surface area contributed by atoms with Crippen molar-refractivity contribution in [2.24, 2.45) is 4.99 Å². The largest absolute Gasteiger partial charge is 0.464 e. The second kappa shape index (κ2) is 7.35. The van der Waals surface area contributed by atoms with E-state index in [-0.39, 0.29) is 12.0 Å². The molecule has 0 saturated heterocycles. The van der Waals surface area contributed by atoms with Crippen LogP contribution < -0.4 is 5.32 Å². The molecule has 4 rings (SSSR count). The van der Waals surface area contributed by atoms with E-state index in [1.54, 1.807) is 11.8 Å². The minimum Gasteiger partial charge on any atom is -0.464 e. The van der Waals surface area contributed by atoms with Gasteiger partial charge in [-0.25, -0.2) is 0 Å². The van der Waals surface area contributed by atoms with Crippen molar-refractivity contribution in [3.05, 3.63) is 29.5 Å². The Kier molecular flexibility index (Phi) is 4.94. The second-order valence-electron chi connectivity index (χ2n) is 7.29. The van der Waals surface area contributed by atoms with E-state index >= 15 is 0 Å². The zero-order valence-corrected chi connectivity index (χ0v) is 16.1. The van der Waals surface area contributed by atoms with E-state index in [1.807, 2.05) is 0 Å². The minimum atomic E-state index is -0.248. The fraction of sp³-hybridized carbons (Fsp3) is 0.500. The summed E-state index contributed by atoms with van der Waals surface area (Å²) in [7, 11) is 0. The molecule has 1 fully saturated rings. The molecule has 5 nitrogen and oxygen atoms in total. The van der Waals surface area contributed by atoms with Crippen molar-refractivity contribution < 1.29 is 9.53 Å². The van der Waals surface area contributed by atoms with Gasteiger partial charge in [0.1, 0.15) is 11.7 Å². The number of anilines is 1. The third-order valence-electron chi connectivity index (χ3n) is 5.01. The minimum absolute atomic E-state index is 0.0446. The first kappa shape index (κ1) is 17.5. The van der Waals surface area contributed by atoms with Crippen LogP contribution in [-0.2, 0) is 9.53 Å². The van der Waals surface area contributed by atoms with Gasteiger partial charge in [-0.3, -0.25) is 9.79 Å². The molecule has 0 spiro atoms. The van der Waals surface area contributed by atoms with Crippen LogP contribution in [0.15, 0.2) is 23.2 Å². The smallest absolute Gasteiger partial charge is 0.302 e. The van der Waals surface area contributed by atoms with Crippen molar-refractivity contribution in [3.8, 4) is 0 Å². The summed E-state index contributed by atoms with van der Waals surface area (Å²) in [4.78, 5) is 19.3. The molecule has 138 valence electrons. The average Bonchev–Trinajstić information content (AvgIpc) is 3.32. The number of hydrogen-bond acceptors (Lipinski definition) is 5. The number of nitrogens with one attached hydrogen (secondary N) is 2. The van der Waals surface area contributed by atoms with E-state index in [2.05, 4.69) is 35.4 Å². The summed E-state index contributed by atoms with van der Waals surface area (Å²) in [6.07, 6.45) is 5.15. The molecule has 0 bridgehead atoms. The molecule has 1 aromatic heterocycles. The normalized spacial score (nSPS) is 20.5. The number of aryl methyl sites for hydroxylation is 1. The van der Waals surface area contributed by atoms with Gasteiger partial charge in [0.25, 0.3) is 0 Å². The van der Waals surface area contributed by atoms with Gasteiger partial charge in [-0.05, 0) is 43.5 Å². The van der Waals surface area contributed by atoms with Crippen molar-refractivity contribution in [2.75, 3.05) is 17.7 Å². The van der Waals surface area contributed by atoms with Crippen molar-refractivity contribution in [1.29, 1.82) is 0 Å². The molecule has 1 aliphatic heterocycles. The van der Waals surface area contributed by atoms with Gasteiger partial charge in [-0.1, -0.05) is 12.8 Å². The molecule has 2 aliphatic rings. The predicted octanol–water partition coefficient (Wildman–Crippen LogP) is 4.26. The summed E-state index contributed by atoms with van der Waals surface area (Å²) in [5.74, 6) is 0.604. The molecular weight excluding hydrogens is 346 g/mol. The number of rotatable bonds is 5. The number of carbonyl (C=O) groups excluding carboxylic acids is 1. The van der Waals surface area contributed by atoms with E-state index in [0.717, 1.165) is 22.0 Å². The summed E-state index contributed by atoms with van der Waals surface area (Å²) in [6, 6.07) is 7.25. The molecule has 26 heavy (non-hydrogen) atoms. The summed E-state index contributed by atoms with van der Waals surface area (Å²) < 4.78 is 5.10. The highest BCUT2D eigenvalue weighted by molar-refractivity contribution is 8.14. The topological polar surface area (TPSA) is 66.5 Å². The van der Waals surface area contributed by atoms with Gasteiger partial charge in [-0.2, -0.15) is 0 Å². The summed E-state index contributed by atoms with van der Waals surface area (Å²) in [5, 5.41) is 5.95. The lowest BCUT2D eigenvalue weighted by Gasteiger charge is -2.15. The van der Waals surface area contributed by atoms with Crippen LogP contribution in [-0.4, -0.2) is 40.4 Å². The quantitative estimate of drug-likeness (QED) is 0.771. The molecule has 2 heterocycles. The number of esters is 1. The number of aromatic amines is 1. The Morgan fingerprint density at radius 2 is 2.15 bits per heavy atom. The maximum atomic E-state index is 11.0. The molecular formula is C20H25N3O2S. The number of H-pyrrole nitrogens is 1. The standard InChI is InChI=1S/C20H25N3O2S/c1-12-7-14-9-18(20-22-16(11-26-20)10-25-13(2)24)23-19(14)17(8-12)21-15-5-3-4-6-15/h7-9,15-16,21,23H,3-6,10-11H2,1-2H3/t16-/m1/s1. The maximum absolute atomic E-state index is 11.0. The number of carbonyl (C=O) groups is 1. The lowest BCUT2D eigenvalue weighted by Crippen LogP contribution is -2.15. The van der Waals surface area contributed by atoms with E-state index in [9.17, 15) is 4.79 Å². The van der Waals surface area contributed by atoms with Crippen LogP contribution in [0.4, 0.5) is 5.69 Å². The van der Waals surface area contributed by atoms with E-state index in [1.165, 1.54) is 49.2 Å². The van der Waals surface area contributed by atoms with Gasteiger partial charge in [0.05, 0.1) is 22.9 Å². The first-order chi connectivity index (χ1) is 12.6. The molecule has 0 radical (unpaired) electrons. The summed E-state index contributed by atoms with van der Waals surface area (Å²) in [6.45, 7) is 3.94. The van der Waals surface area contributed by atoms with Crippen molar-refractivity contribution >= 4 is 39.4 Å². The van der Waals surface area contributed by atoms with E-state index in [0.29, 0.717) is 12.6 Å². The Morgan fingerprint density at radius 1 is 1.35 bits per heavy atom. The molecule has 6 heteroatoms. The number of aliphatic imine (C=N–C) groups is 1. The Balaban J connectivity index is 1.59. The molecule has 0 amide bonds. The number of fused-ring (bicyclic) bond motifs is 1. The molecule has 1 atom stereocenters. The number of hydrogen-bond donors (Lipinski definition) is 2. The van der Waals surface area contributed by atoms with Crippen LogP contribution in [0.1, 0.15) is 43.9 Å². The average molecular weight is 372 g/mol. The zero-order chi connectivity index (χ0) is 18.1. The predicted molar refractivity (Wildman–Crippen MR) is 108 cm³/mol. The highest BCUT2D eigenvalue weighted by Gasteiger charge is 2.23. The van der Waals surface area contributed by atoms with Crippen LogP contribution in [0.2, 0.25) is 0 Å². The number of aromatic nitrogens is 1. The van der Waals surface area contributed by atoms with Gasteiger partial charge >= 0.3 is 5.97 Å². The van der Waals surface area contributed by atoms with Gasteiger partial charge in [-0.15, -0.1) is 11.8 Å². The maximum Gasteiger partial charge on any atom is 0.302 e. The van der Waals surface area contributed by atoms with Crippen molar-refractivity contribution in [2.45, 2.75) is 51.6 Å². The Bertz CT molecular complexity index is 852. The molecule has 2 aromatic rings.